The van der Waals surface area contributed by atoms with Crippen LogP contribution in [0.25, 0.3) is 11.4 Å². The monoisotopic (exact) mass is 315 g/mol. The second-order valence-electron chi connectivity index (χ2n) is 6.31. The molecule has 6 heteroatoms. The van der Waals surface area contributed by atoms with E-state index in [9.17, 15) is 0 Å². The van der Waals surface area contributed by atoms with Gasteiger partial charge in [-0.05, 0) is 49.7 Å². The Morgan fingerprint density at radius 2 is 2.17 bits per heavy atom. The van der Waals surface area contributed by atoms with Gasteiger partial charge in [0.2, 0.25) is 11.7 Å². The van der Waals surface area contributed by atoms with Crippen LogP contribution in [0.3, 0.4) is 0 Å². The highest BCUT2D eigenvalue weighted by molar-refractivity contribution is 5.59. The molecule has 2 aromatic rings. The van der Waals surface area contributed by atoms with E-state index in [1.54, 1.807) is 7.11 Å². The van der Waals surface area contributed by atoms with Crippen LogP contribution in [0, 0.1) is 0 Å². The highest BCUT2D eigenvalue weighted by Gasteiger charge is 2.39. The first-order chi connectivity index (χ1) is 11.3. The van der Waals surface area contributed by atoms with Crippen molar-refractivity contribution in [2.75, 3.05) is 33.4 Å². The average molecular weight is 315 g/mol. The fraction of sp³-hybridized carbons (Fsp3) is 0.529. The lowest BCUT2D eigenvalue weighted by Gasteiger charge is -2.33. The van der Waals surface area contributed by atoms with Crippen LogP contribution < -0.4 is 10.1 Å². The molecule has 122 valence electrons. The molecule has 0 unspecified atom stereocenters. The zero-order chi connectivity index (χ0) is 15.7. The maximum absolute atomic E-state index is 5.63. The molecule has 3 heterocycles. The van der Waals surface area contributed by atoms with Crippen LogP contribution in [0.1, 0.15) is 24.3 Å². The summed E-state index contributed by atoms with van der Waals surface area (Å²) < 4.78 is 16.6. The third kappa shape index (κ3) is 2.62. The molecule has 1 fully saturated rings. The first kappa shape index (κ1) is 14.7. The molecule has 0 amide bonds. The van der Waals surface area contributed by atoms with Gasteiger partial charge in [0, 0.05) is 19.1 Å². The minimum absolute atomic E-state index is 0.176. The van der Waals surface area contributed by atoms with Crippen molar-refractivity contribution in [3.05, 3.63) is 29.7 Å². The topological polar surface area (TPSA) is 69.4 Å². The second kappa shape index (κ2) is 5.94. The number of fused-ring (bicyclic) bond motifs is 1. The fourth-order valence-corrected chi connectivity index (χ4v) is 3.48. The molecule has 2 aliphatic rings. The molecule has 0 radical (unpaired) electrons. The third-order valence-corrected chi connectivity index (χ3v) is 4.81. The minimum atomic E-state index is -0.176. The van der Waals surface area contributed by atoms with E-state index in [-0.39, 0.29) is 5.41 Å². The van der Waals surface area contributed by atoms with Gasteiger partial charge in [-0.3, -0.25) is 0 Å². The Hall–Kier alpha value is -1.92. The van der Waals surface area contributed by atoms with E-state index in [0.29, 0.717) is 18.3 Å². The van der Waals surface area contributed by atoms with Gasteiger partial charge in [0.05, 0.1) is 18.6 Å². The molecule has 0 atom stereocenters. The lowest BCUT2D eigenvalue weighted by molar-refractivity contribution is 0.0850. The number of piperidine rings is 1. The van der Waals surface area contributed by atoms with Crippen LogP contribution in [0.5, 0.6) is 5.75 Å². The van der Waals surface area contributed by atoms with Gasteiger partial charge in [-0.2, -0.15) is 4.98 Å². The number of ether oxygens (including phenoxy) is 2. The zero-order valence-corrected chi connectivity index (χ0v) is 13.3. The van der Waals surface area contributed by atoms with Gasteiger partial charge < -0.3 is 19.3 Å². The SMILES string of the molecule is COCC1(c2nc(-c3ccc4c(c3)CCO4)no2)CCNCC1. The summed E-state index contributed by atoms with van der Waals surface area (Å²) in [6.07, 6.45) is 2.83. The summed E-state index contributed by atoms with van der Waals surface area (Å²) in [5.41, 5.74) is 2.01. The molecule has 1 aromatic heterocycles. The Morgan fingerprint density at radius 3 is 3.00 bits per heavy atom. The molecule has 2 aliphatic heterocycles. The van der Waals surface area contributed by atoms with Crippen LogP contribution in [0.15, 0.2) is 22.7 Å². The zero-order valence-electron chi connectivity index (χ0n) is 13.3. The molecular weight excluding hydrogens is 294 g/mol. The summed E-state index contributed by atoms with van der Waals surface area (Å²) in [5.74, 6) is 2.29. The summed E-state index contributed by atoms with van der Waals surface area (Å²) in [4.78, 5) is 4.69. The third-order valence-electron chi connectivity index (χ3n) is 4.81. The van der Waals surface area contributed by atoms with Crippen molar-refractivity contribution in [1.82, 2.24) is 15.5 Å². The van der Waals surface area contributed by atoms with Crippen molar-refractivity contribution in [2.45, 2.75) is 24.7 Å². The van der Waals surface area contributed by atoms with Gasteiger partial charge in [0.15, 0.2) is 0 Å². The quantitative estimate of drug-likeness (QED) is 0.930. The van der Waals surface area contributed by atoms with E-state index < -0.39 is 0 Å². The summed E-state index contributed by atoms with van der Waals surface area (Å²) in [7, 11) is 1.72. The van der Waals surface area contributed by atoms with Crippen LogP contribution in [0.4, 0.5) is 0 Å². The van der Waals surface area contributed by atoms with Crippen LogP contribution in [-0.4, -0.2) is 43.6 Å². The van der Waals surface area contributed by atoms with E-state index in [2.05, 4.69) is 16.5 Å². The second-order valence-corrected chi connectivity index (χ2v) is 6.31. The number of rotatable bonds is 4. The lowest BCUT2D eigenvalue weighted by atomic mass is 9.79. The molecule has 1 saturated heterocycles. The fourth-order valence-electron chi connectivity index (χ4n) is 3.48. The van der Waals surface area contributed by atoms with Gasteiger partial charge in [0.25, 0.3) is 0 Å². The summed E-state index contributed by atoms with van der Waals surface area (Å²) in [6, 6.07) is 6.08. The summed E-state index contributed by atoms with van der Waals surface area (Å²) in [6.45, 7) is 3.24. The molecule has 0 aliphatic carbocycles. The minimum Gasteiger partial charge on any atom is -0.493 e. The van der Waals surface area contributed by atoms with E-state index in [1.807, 2.05) is 12.1 Å². The summed E-state index contributed by atoms with van der Waals surface area (Å²) >= 11 is 0. The van der Waals surface area contributed by atoms with Gasteiger partial charge in [0.1, 0.15) is 5.75 Å². The van der Waals surface area contributed by atoms with Crippen molar-refractivity contribution in [1.29, 1.82) is 0 Å². The molecule has 0 spiro atoms. The van der Waals surface area contributed by atoms with E-state index in [1.165, 1.54) is 5.56 Å². The number of methoxy groups -OCH3 is 1. The Kier molecular flexibility index (Phi) is 3.79. The number of aromatic nitrogens is 2. The van der Waals surface area contributed by atoms with Crippen molar-refractivity contribution < 1.29 is 14.0 Å². The van der Waals surface area contributed by atoms with Crippen LogP contribution >= 0.6 is 0 Å². The molecule has 1 aromatic carbocycles. The van der Waals surface area contributed by atoms with E-state index >= 15 is 0 Å². The number of nitrogens with zero attached hydrogens (tertiary/aromatic N) is 2. The first-order valence-corrected chi connectivity index (χ1v) is 8.11. The van der Waals surface area contributed by atoms with Crippen LogP contribution in [0.2, 0.25) is 0 Å². The summed E-state index contributed by atoms with van der Waals surface area (Å²) in [5, 5.41) is 7.59. The van der Waals surface area contributed by atoms with E-state index in [0.717, 1.165) is 50.3 Å². The van der Waals surface area contributed by atoms with Gasteiger partial charge in [-0.15, -0.1) is 0 Å². The molecule has 23 heavy (non-hydrogen) atoms. The van der Waals surface area contributed by atoms with Gasteiger partial charge in [-0.1, -0.05) is 5.16 Å². The maximum Gasteiger partial charge on any atom is 0.235 e. The van der Waals surface area contributed by atoms with Crippen molar-refractivity contribution in [2.24, 2.45) is 0 Å². The Morgan fingerprint density at radius 1 is 1.30 bits per heavy atom. The van der Waals surface area contributed by atoms with Crippen molar-refractivity contribution in [3.8, 4) is 17.1 Å². The molecule has 1 N–H and O–H groups in total. The molecule has 0 saturated carbocycles. The number of nitrogens with one attached hydrogen (secondary N) is 1. The van der Waals surface area contributed by atoms with E-state index in [4.69, 9.17) is 19.0 Å². The van der Waals surface area contributed by atoms with Gasteiger partial charge in [-0.25, -0.2) is 0 Å². The molecule has 4 rings (SSSR count). The van der Waals surface area contributed by atoms with Crippen molar-refractivity contribution in [3.63, 3.8) is 0 Å². The largest absolute Gasteiger partial charge is 0.493 e. The predicted octanol–water partition coefficient (Wildman–Crippen LogP) is 1.94. The Labute approximate surface area is 135 Å². The molecular formula is C17H21N3O3. The highest BCUT2D eigenvalue weighted by atomic mass is 16.5. The molecule has 0 bridgehead atoms. The standard InChI is InChI=1S/C17H21N3O3/c1-21-11-17(5-7-18-8-6-17)16-19-15(20-23-16)13-2-3-14-12(10-13)4-9-22-14/h2-3,10,18H,4-9,11H2,1H3. The van der Waals surface area contributed by atoms with Crippen molar-refractivity contribution >= 4 is 0 Å². The maximum atomic E-state index is 5.63. The number of hydrogen-bond donors (Lipinski definition) is 1. The normalized spacial score (nSPS) is 19.3. The smallest absolute Gasteiger partial charge is 0.235 e. The van der Waals surface area contributed by atoms with Crippen LogP contribution in [-0.2, 0) is 16.6 Å². The highest BCUT2D eigenvalue weighted by Crippen LogP contribution is 2.35. The number of hydrogen-bond acceptors (Lipinski definition) is 6. The van der Waals surface area contributed by atoms with Gasteiger partial charge >= 0.3 is 0 Å². The molecule has 6 nitrogen and oxygen atoms in total. The first-order valence-electron chi connectivity index (χ1n) is 8.11. The average Bonchev–Trinajstić information content (AvgIpc) is 3.25. The number of benzene rings is 1. The Balaban J connectivity index is 1.65. The Bertz CT molecular complexity index is 687. The lowest BCUT2D eigenvalue weighted by Crippen LogP contribution is -2.43. The predicted molar refractivity (Wildman–Crippen MR) is 84.6 cm³/mol.